The van der Waals surface area contributed by atoms with Crippen molar-refractivity contribution < 1.29 is 131 Å². The predicted octanol–water partition coefficient (Wildman–Crippen LogP) is 4.26. The number of halogens is 8. The van der Waals surface area contributed by atoms with Crippen molar-refractivity contribution in [3.63, 3.8) is 0 Å². The summed E-state index contributed by atoms with van der Waals surface area (Å²) in [4.78, 5) is 21.6. The monoisotopic (exact) mass is 1090 g/mol. The second-order valence-corrected chi connectivity index (χ2v) is 21.1. The number of carbonyl (C=O) groups excluding carboxylic acids is 2. The van der Waals surface area contributed by atoms with E-state index < -0.39 is 80.2 Å². The molecular weight excluding hydrogens is 1060 g/mol. The van der Waals surface area contributed by atoms with Crippen LogP contribution < -0.4 is 77.9 Å². The number of rotatable bonds is 12. The van der Waals surface area contributed by atoms with Gasteiger partial charge in [0.2, 0.25) is 0 Å². The number of carbonyl (C=O) groups is 2. The number of carboxylic acids is 2. The summed E-state index contributed by atoms with van der Waals surface area (Å²) in [6.07, 6.45) is -9.92. The number of thiophene rings is 2. The summed E-state index contributed by atoms with van der Waals surface area (Å²) in [5.41, 5.74) is -2.44. The average Bonchev–Trinajstić information content (AvgIpc) is 3.82. The maximum Gasteiger partial charge on any atom is 1.00 e. The molecule has 0 unspecified atom stereocenters. The fourth-order valence-electron chi connectivity index (χ4n) is 7.22. The van der Waals surface area contributed by atoms with E-state index in [1.165, 1.54) is 0 Å². The fraction of sp³-hybridized carbons (Fsp3) is 0.125. The minimum absolute atomic E-state index is 0. The van der Waals surface area contributed by atoms with E-state index in [0.29, 0.717) is 35.4 Å². The molecule has 0 aliphatic rings. The van der Waals surface area contributed by atoms with Crippen molar-refractivity contribution in [1.29, 1.82) is 0 Å². The Bertz CT molecular complexity index is 3300. The molecule has 0 fully saturated rings. The van der Waals surface area contributed by atoms with Crippen molar-refractivity contribution in [3.8, 4) is 0 Å². The van der Waals surface area contributed by atoms with Crippen molar-refractivity contribution in [2.24, 2.45) is 0 Å². The molecule has 0 aliphatic carbocycles. The first-order valence-electron chi connectivity index (χ1n) is 20.1. The molecule has 72 heavy (non-hydrogen) atoms. The third kappa shape index (κ3) is 12.4. The maximum atomic E-state index is 13.8. The van der Waals surface area contributed by atoms with Crippen molar-refractivity contribution in [1.82, 2.24) is 0 Å². The van der Waals surface area contributed by atoms with Gasteiger partial charge in [-0.2, -0.15) is 26.3 Å². The van der Waals surface area contributed by atoms with E-state index in [-0.39, 0.29) is 101 Å². The SMILES string of the molecule is Cc1c(N(Cc2ccc(F)c(C(F)(F)F)c2)S(=O)(=O)c2ccc(C(=O)[O-])cc2)sc2ccccc12.Cc1c(N(Cc2ccc(F)c(C(F)(F)F)c2)S(=O)(=O)c2ccc(C(=O)[O-])cc2)sc2ccccc12.[Na+].[Na+]. The zero-order chi connectivity index (χ0) is 51.1. The molecule has 0 amide bonds. The molecule has 0 spiro atoms. The van der Waals surface area contributed by atoms with E-state index in [1.807, 2.05) is 0 Å². The van der Waals surface area contributed by atoms with E-state index in [1.54, 1.807) is 62.4 Å². The molecule has 0 saturated carbocycles. The number of aromatic carboxylic acids is 2. The summed E-state index contributed by atoms with van der Waals surface area (Å²) in [5.74, 6) is -5.91. The Balaban J connectivity index is 0.000000260. The smallest absolute Gasteiger partial charge is 0.545 e. The van der Waals surface area contributed by atoms with Gasteiger partial charge in [0.15, 0.2) is 0 Å². The fourth-order valence-corrected chi connectivity index (χ4v) is 13.1. The number of benzene rings is 6. The molecule has 8 aromatic rings. The van der Waals surface area contributed by atoms with E-state index in [9.17, 15) is 71.8 Å². The Hall–Kier alpha value is -4.88. The van der Waals surface area contributed by atoms with Crippen molar-refractivity contribution in [2.45, 2.75) is 49.1 Å². The Morgan fingerprint density at radius 3 is 1.12 bits per heavy atom. The van der Waals surface area contributed by atoms with Gasteiger partial charge in [-0.25, -0.2) is 25.6 Å². The quantitative estimate of drug-likeness (QED) is 0.130. The Labute approximate surface area is 458 Å². The minimum atomic E-state index is -4.96. The molecule has 6 aromatic carbocycles. The van der Waals surface area contributed by atoms with Gasteiger partial charge in [-0.15, -0.1) is 22.7 Å². The van der Waals surface area contributed by atoms with E-state index >= 15 is 0 Å². The summed E-state index contributed by atoms with van der Waals surface area (Å²) < 4.78 is 165. The molecule has 0 aliphatic heterocycles. The second kappa shape index (κ2) is 22.7. The number of nitrogens with zero attached hydrogens (tertiary/aromatic N) is 2. The third-order valence-corrected chi connectivity index (χ3v) is 17.1. The standard InChI is InChI=1S/2C24H17F4NO4S2.2Na/c2*1-14-18-4-2-3-5-21(18)34-22(14)29(13-15-6-11-20(25)19(12-15)24(26,27)28)35(32,33)17-9-7-16(8-10-17)23(30)31;;/h2*2-12H,13H2,1H3,(H,30,31);;/q;;2*+1/p-2. The zero-order valence-corrected chi connectivity index (χ0v) is 45.2. The Morgan fingerprint density at radius 2 is 0.833 bits per heavy atom. The predicted molar refractivity (Wildman–Crippen MR) is 244 cm³/mol. The average molecular weight is 1090 g/mol. The van der Waals surface area contributed by atoms with E-state index in [0.717, 1.165) is 112 Å². The first-order chi connectivity index (χ1) is 32.8. The van der Waals surface area contributed by atoms with Crippen LogP contribution >= 0.6 is 22.7 Å². The van der Waals surface area contributed by atoms with Crippen molar-refractivity contribution in [2.75, 3.05) is 8.61 Å². The molecule has 2 heterocycles. The summed E-state index contributed by atoms with van der Waals surface area (Å²) in [5, 5.41) is 24.2. The number of alkyl halides is 6. The van der Waals surface area contributed by atoms with Gasteiger partial charge < -0.3 is 19.8 Å². The van der Waals surface area contributed by atoms with Gasteiger partial charge in [0.1, 0.15) is 21.6 Å². The van der Waals surface area contributed by atoms with Gasteiger partial charge in [-0.1, -0.05) is 72.8 Å². The number of aryl methyl sites for hydroxylation is 2. The molecule has 0 bridgehead atoms. The van der Waals surface area contributed by atoms with Crippen LogP contribution in [-0.4, -0.2) is 28.8 Å². The van der Waals surface area contributed by atoms with Gasteiger partial charge in [0.25, 0.3) is 20.0 Å². The normalized spacial score (nSPS) is 11.8. The van der Waals surface area contributed by atoms with Crippen LogP contribution in [0.15, 0.2) is 143 Å². The van der Waals surface area contributed by atoms with Crippen molar-refractivity contribution in [3.05, 3.63) is 190 Å². The zero-order valence-electron chi connectivity index (χ0n) is 37.9. The maximum absolute atomic E-state index is 13.8. The van der Waals surface area contributed by atoms with Gasteiger partial charge in [-0.05, 0) is 119 Å². The van der Waals surface area contributed by atoms with Crippen LogP contribution in [0.1, 0.15) is 54.1 Å². The van der Waals surface area contributed by atoms with E-state index in [2.05, 4.69) is 0 Å². The Kier molecular flexibility index (Phi) is 18.3. The van der Waals surface area contributed by atoms with E-state index in [4.69, 9.17) is 0 Å². The Morgan fingerprint density at radius 1 is 0.514 bits per heavy atom. The number of fused-ring (bicyclic) bond motifs is 2. The van der Waals surface area contributed by atoms with Crippen LogP contribution in [0.5, 0.6) is 0 Å². The molecule has 0 N–H and O–H groups in total. The number of sulfonamides is 2. The molecule has 2 aromatic heterocycles. The number of hydrogen-bond donors (Lipinski definition) is 0. The molecule has 10 nitrogen and oxygen atoms in total. The van der Waals surface area contributed by atoms with Gasteiger partial charge in [0.05, 0.1) is 45.9 Å². The van der Waals surface area contributed by atoms with Crippen molar-refractivity contribution >= 4 is 84.8 Å². The van der Waals surface area contributed by atoms with Gasteiger partial charge in [0, 0.05) is 9.40 Å². The van der Waals surface area contributed by atoms with Crippen LogP contribution in [0.2, 0.25) is 0 Å². The van der Waals surface area contributed by atoms with Crippen LogP contribution in [-0.2, 0) is 45.5 Å². The summed E-state index contributed by atoms with van der Waals surface area (Å²) in [6.45, 7) is 2.37. The largest absolute Gasteiger partial charge is 1.00 e. The first-order valence-corrected chi connectivity index (χ1v) is 24.7. The molecule has 24 heteroatoms. The van der Waals surface area contributed by atoms with Gasteiger partial charge >= 0.3 is 71.5 Å². The van der Waals surface area contributed by atoms with Crippen LogP contribution in [0.25, 0.3) is 20.2 Å². The third-order valence-electron chi connectivity index (χ3n) is 10.8. The molecule has 0 saturated heterocycles. The minimum Gasteiger partial charge on any atom is -0.545 e. The molecule has 0 radical (unpaired) electrons. The van der Waals surface area contributed by atoms with Crippen LogP contribution in [0, 0.1) is 25.5 Å². The summed E-state index contributed by atoms with van der Waals surface area (Å²) >= 11 is 2.28. The first kappa shape index (κ1) is 58.0. The van der Waals surface area contributed by atoms with Crippen LogP contribution in [0.3, 0.4) is 0 Å². The molecule has 8 rings (SSSR count). The summed E-state index contributed by atoms with van der Waals surface area (Å²) in [6, 6.07) is 27.5. The van der Waals surface area contributed by atoms with Gasteiger partial charge in [-0.3, -0.25) is 8.61 Å². The molecular formula is C48H32F8N2Na2O8S4. The number of carboxylic acid groups (broad SMARTS) is 2. The topological polar surface area (TPSA) is 155 Å². The summed E-state index contributed by atoms with van der Waals surface area (Å²) in [7, 11) is -8.74. The molecule has 0 atom stereocenters. The number of anilines is 2. The van der Waals surface area contributed by atoms with Crippen LogP contribution in [0.4, 0.5) is 45.1 Å². The second-order valence-electron chi connectivity index (χ2n) is 15.3. The number of hydrogen-bond acceptors (Lipinski definition) is 10. The molecule has 364 valence electrons.